The fourth-order valence-corrected chi connectivity index (χ4v) is 4.93. The molecule has 0 aliphatic heterocycles. The molecule has 0 heterocycles. The van der Waals surface area contributed by atoms with Crippen LogP contribution in [0.3, 0.4) is 0 Å². The Hall–Kier alpha value is -3.70. The van der Waals surface area contributed by atoms with Crippen molar-refractivity contribution in [3.05, 3.63) is 24.8 Å². The van der Waals surface area contributed by atoms with Gasteiger partial charge in [-0.3, -0.25) is 28.8 Å². The van der Waals surface area contributed by atoms with Crippen LogP contribution in [0, 0.1) is 16.7 Å². The molecule has 0 saturated heterocycles. The van der Waals surface area contributed by atoms with Crippen molar-refractivity contribution in [1.82, 2.24) is 0 Å². The van der Waals surface area contributed by atoms with Crippen molar-refractivity contribution in [3.63, 3.8) is 0 Å². The molecule has 0 aromatic rings. The standard InChI is InChI=1S/C20H32O6.C18H28O6/c1-6-19(4,5)18(23)25-14-13-24-16(21)10-11-17(22)26-20(7-2)12-8-9-15(20)3;1-5-17(2,3)16(21)23-13-12-22-14(19)8-9-15(20)24-18(4)10-6-7-11-18/h7,15H,2,6,8-14H2,1,3-5H3;6,10H,5,7-9,11-13H2,1-4H3. The molecule has 1 saturated carbocycles. The van der Waals surface area contributed by atoms with E-state index in [4.69, 9.17) is 28.4 Å². The zero-order valence-corrected chi connectivity index (χ0v) is 31.5. The van der Waals surface area contributed by atoms with Gasteiger partial charge in [-0.05, 0) is 97.6 Å². The minimum absolute atomic E-state index is 0.00946. The minimum atomic E-state index is -0.610. The van der Waals surface area contributed by atoms with Gasteiger partial charge in [0.15, 0.2) is 0 Å². The van der Waals surface area contributed by atoms with Gasteiger partial charge in [-0.15, -0.1) is 0 Å². The molecule has 0 radical (unpaired) electrons. The molecule has 1 fully saturated rings. The fourth-order valence-electron chi connectivity index (χ4n) is 4.93. The summed E-state index contributed by atoms with van der Waals surface area (Å²) in [5, 5.41) is 0. The summed E-state index contributed by atoms with van der Waals surface area (Å²) in [6.07, 6.45) is 11.1. The quantitative estimate of drug-likeness (QED) is 0.0620. The van der Waals surface area contributed by atoms with Crippen LogP contribution in [0.2, 0.25) is 0 Å². The summed E-state index contributed by atoms with van der Waals surface area (Å²) in [5.41, 5.74) is -2.26. The van der Waals surface area contributed by atoms with Gasteiger partial charge in [-0.25, -0.2) is 0 Å². The van der Waals surface area contributed by atoms with E-state index in [1.807, 2.05) is 39.8 Å². The molecule has 50 heavy (non-hydrogen) atoms. The van der Waals surface area contributed by atoms with Crippen molar-refractivity contribution < 1.29 is 57.2 Å². The van der Waals surface area contributed by atoms with E-state index < -0.39 is 45.9 Å². The lowest BCUT2D eigenvalue weighted by Gasteiger charge is -2.30. The van der Waals surface area contributed by atoms with Crippen molar-refractivity contribution in [2.24, 2.45) is 16.7 Å². The predicted molar refractivity (Wildman–Crippen MR) is 185 cm³/mol. The van der Waals surface area contributed by atoms with Gasteiger partial charge in [0.1, 0.15) is 37.6 Å². The molecular weight excluding hydrogens is 648 g/mol. The van der Waals surface area contributed by atoms with Gasteiger partial charge in [0, 0.05) is 0 Å². The average molecular weight is 709 g/mol. The number of rotatable bonds is 19. The van der Waals surface area contributed by atoms with Crippen LogP contribution in [0.5, 0.6) is 0 Å². The fraction of sp³-hybridized carbons (Fsp3) is 0.737. The van der Waals surface area contributed by atoms with Crippen molar-refractivity contribution in [2.45, 2.75) is 137 Å². The Morgan fingerprint density at radius 2 is 1.16 bits per heavy atom. The maximum absolute atomic E-state index is 12.0. The molecule has 0 aromatic heterocycles. The van der Waals surface area contributed by atoms with Gasteiger partial charge < -0.3 is 28.4 Å². The highest BCUT2D eigenvalue weighted by Gasteiger charge is 2.41. The second-order valence-electron chi connectivity index (χ2n) is 14.3. The van der Waals surface area contributed by atoms with Crippen LogP contribution in [0.4, 0.5) is 0 Å². The molecular formula is C38H60O12. The van der Waals surface area contributed by atoms with Crippen molar-refractivity contribution in [3.8, 4) is 0 Å². The Labute approximate surface area is 298 Å². The molecule has 0 bridgehead atoms. The highest BCUT2D eigenvalue weighted by molar-refractivity contribution is 5.79. The van der Waals surface area contributed by atoms with E-state index in [-0.39, 0.29) is 70.0 Å². The van der Waals surface area contributed by atoms with Crippen molar-refractivity contribution in [2.75, 3.05) is 26.4 Å². The molecule has 12 nitrogen and oxygen atoms in total. The number of hydrogen-bond donors (Lipinski definition) is 0. The second kappa shape index (κ2) is 20.8. The molecule has 0 N–H and O–H groups in total. The molecule has 284 valence electrons. The summed E-state index contributed by atoms with van der Waals surface area (Å²) < 4.78 is 31.0. The first kappa shape index (κ1) is 44.3. The lowest BCUT2D eigenvalue weighted by Crippen LogP contribution is -2.35. The van der Waals surface area contributed by atoms with Gasteiger partial charge >= 0.3 is 35.8 Å². The number of carbonyl (C=O) groups is 6. The zero-order valence-electron chi connectivity index (χ0n) is 31.5. The largest absolute Gasteiger partial charge is 0.462 e. The van der Waals surface area contributed by atoms with Crippen LogP contribution < -0.4 is 0 Å². The lowest BCUT2D eigenvalue weighted by atomic mass is 9.91. The lowest BCUT2D eigenvalue weighted by molar-refractivity contribution is -0.162. The van der Waals surface area contributed by atoms with E-state index in [1.54, 1.807) is 33.8 Å². The summed E-state index contributed by atoms with van der Waals surface area (Å²) in [6, 6.07) is 0. The van der Waals surface area contributed by atoms with Crippen LogP contribution in [0.15, 0.2) is 24.8 Å². The first-order chi connectivity index (χ1) is 23.3. The van der Waals surface area contributed by atoms with E-state index in [9.17, 15) is 28.8 Å². The molecule has 2 aliphatic rings. The van der Waals surface area contributed by atoms with Crippen LogP contribution in [-0.4, -0.2) is 73.4 Å². The summed E-state index contributed by atoms with van der Waals surface area (Å²) >= 11 is 0. The number of hydrogen-bond acceptors (Lipinski definition) is 12. The Kier molecular flexibility index (Phi) is 18.5. The summed E-state index contributed by atoms with van der Waals surface area (Å²) in [6.45, 7) is 18.7. The first-order valence-corrected chi connectivity index (χ1v) is 17.8. The van der Waals surface area contributed by atoms with Crippen LogP contribution >= 0.6 is 0 Å². The van der Waals surface area contributed by atoms with E-state index in [0.29, 0.717) is 12.8 Å². The zero-order chi connectivity index (χ0) is 38.0. The van der Waals surface area contributed by atoms with Crippen molar-refractivity contribution in [1.29, 1.82) is 0 Å². The van der Waals surface area contributed by atoms with Gasteiger partial charge in [-0.1, -0.05) is 33.4 Å². The second-order valence-corrected chi connectivity index (χ2v) is 14.3. The van der Waals surface area contributed by atoms with Gasteiger partial charge in [-0.2, -0.15) is 0 Å². The normalized spacial score (nSPS) is 21.2. The molecule has 0 amide bonds. The van der Waals surface area contributed by atoms with Gasteiger partial charge in [0.2, 0.25) is 0 Å². The molecule has 0 aromatic carbocycles. The van der Waals surface area contributed by atoms with Gasteiger partial charge in [0.05, 0.1) is 36.5 Å². The molecule has 2 rings (SSSR count). The van der Waals surface area contributed by atoms with E-state index in [0.717, 1.165) is 32.1 Å². The molecule has 3 unspecified atom stereocenters. The highest BCUT2D eigenvalue weighted by Crippen LogP contribution is 2.39. The third-order valence-corrected chi connectivity index (χ3v) is 9.41. The molecule has 0 spiro atoms. The Bertz CT molecular complexity index is 1200. The summed E-state index contributed by atoms with van der Waals surface area (Å²) in [7, 11) is 0. The third-order valence-electron chi connectivity index (χ3n) is 9.41. The number of allylic oxidation sites excluding steroid dienone is 1. The third kappa shape index (κ3) is 15.5. The number of carbonyl (C=O) groups excluding carboxylic acids is 6. The Morgan fingerprint density at radius 1 is 0.720 bits per heavy atom. The predicted octanol–water partition coefficient (Wildman–Crippen LogP) is 6.52. The first-order valence-electron chi connectivity index (χ1n) is 17.8. The SMILES string of the molecule is C=CC1(OC(=O)CCC(=O)OCCOC(=O)C(C)(C)CC)CCCC1C.CCC(C)(C)C(=O)OCCOC(=O)CCC(=O)OC1(C)C=CCC1. The molecule has 2 aliphatic carbocycles. The number of ether oxygens (including phenoxy) is 6. The van der Waals surface area contributed by atoms with Crippen LogP contribution in [0.25, 0.3) is 0 Å². The monoisotopic (exact) mass is 708 g/mol. The smallest absolute Gasteiger partial charge is 0.311 e. The van der Waals surface area contributed by atoms with Crippen LogP contribution in [0.1, 0.15) is 126 Å². The van der Waals surface area contributed by atoms with E-state index in [2.05, 4.69) is 6.58 Å². The van der Waals surface area contributed by atoms with Crippen LogP contribution in [-0.2, 0) is 57.2 Å². The number of esters is 6. The Balaban J connectivity index is 0.000000502. The average Bonchev–Trinajstić information content (AvgIpc) is 3.67. The Morgan fingerprint density at radius 3 is 1.54 bits per heavy atom. The van der Waals surface area contributed by atoms with Gasteiger partial charge in [0.25, 0.3) is 0 Å². The maximum atomic E-state index is 12.0. The molecule has 3 atom stereocenters. The minimum Gasteiger partial charge on any atom is -0.462 e. The topological polar surface area (TPSA) is 158 Å². The van der Waals surface area contributed by atoms with Crippen molar-refractivity contribution >= 4 is 35.8 Å². The highest BCUT2D eigenvalue weighted by atomic mass is 16.6. The molecule has 12 heteroatoms. The maximum Gasteiger partial charge on any atom is 0.311 e. The van der Waals surface area contributed by atoms with E-state index in [1.165, 1.54) is 0 Å². The van der Waals surface area contributed by atoms with E-state index >= 15 is 0 Å². The summed E-state index contributed by atoms with van der Waals surface area (Å²) in [4.78, 5) is 70.5. The summed E-state index contributed by atoms with van der Waals surface area (Å²) in [5.74, 6) is -2.27.